The second-order valence-corrected chi connectivity index (χ2v) is 4.85. The van der Waals surface area contributed by atoms with E-state index < -0.39 is 13.0 Å². The molecule has 2 aromatic rings. The van der Waals surface area contributed by atoms with E-state index in [4.69, 9.17) is 11.6 Å². The highest BCUT2D eigenvalue weighted by atomic mass is 35.5. The van der Waals surface area contributed by atoms with Crippen molar-refractivity contribution in [3.05, 3.63) is 47.0 Å². The van der Waals surface area contributed by atoms with Crippen LogP contribution < -0.4 is 0 Å². The molecule has 0 N–H and O–H groups in total. The van der Waals surface area contributed by atoms with Gasteiger partial charge in [0.15, 0.2) is 0 Å². The van der Waals surface area contributed by atoms with Crippen molar-refractivity contribution in [1.29, 1.82) is 0 Å². The average Bonchev–Trinajstić information content (AvgIpc) is 2.88. The summed E-state index contributed by atoms with van der Waals surface area (Å²) in [6.07, 6.45) is 0.421. The van der Waals surface area contributed by atoms with Crippen LogP contribution in [0, 0.1) is 0 Å². The number of carbonyl (C=O) groups excluding carboxylic acids is 1. The number of hydrogen-bond acceptors (Lipinski definition) is 3. The van der Waals surface area contributed by atoms with Crippen LogP contribution >= 0.6 is 11.6 Å². The zero-order valence-electron chi connectivity index (χ0n) is 11.2. The summed E-state index contributed by atoms with van der Waals surface area (Å²) >= 11 is 5.69. The van der Waals surface area contributed by atoms with Gasteiger partial charge in [-0.25, -0.2) is 13.8 Å². The van der Waals surface area contributed by atoms with Crippen molar-refractivity contribution in [2.24, 2.45) is 0 Å². The number of halogens is 3. The Morgan fingerprint density at radius 3 is 2.81 bits per heavy atom. The smallest absolute Gasteiger partial charge is 0.274 e. The molecular formula is C13H13ClF2N4O. The lowest BCUT2D eigenvalue weighted by molar-refractivity contribution is 0.0775. The van der Waals surface area contributed by atoms with Crippen LogP contribution in [0.25, 0.3) is 0 Å². The van der Waals surface area contributed by atoms with Crippen molar-refractivity contribution in [3.63, 3.8) is 0 Å². The molecule has 0 aliphatic heterocycles. The maximum atomic E-state index is 12.2. The summed E-state index contributed by atoms with van der Waals surface area (Å²) < 4.78 is 25.5. The van der Waals surface area contributed by atoms with Gasteiger partial charge in [-0.05, 0) is 17.7 Å². The minimum absolute atomic E-state index is 0.125. The van der Waals surface area contributed by atoms with Crippen molar-refractivity contribution < 1.29 is 13.6 Å². The molecule has 0 saturated heterocycles. The van der Waals surface area contributed by atoms with Crippen LogP contribution in [0.1, 0.15) is 16.1 Å². The highest BCUT2D eigenvalue weighted by molar-refractivity contribution is 6.29. The topological polar surface area (TPSA) is 51.0 Å². The Morgan fingerprint density at radius 2 is 2.19 bits per heavy atom. The largest absolute Gasteiger partial charge is 0.336 e. The summed E-state index contributed by atoms with van der Waals surface area (Å²) in [6.45, 7) is -0.206. The zero-order chi connectivity index (χ0) is 15.4. The molecule has 0 saturated carbocycles. The Labute approximate surface area is 125 Å². The Morgan fingerprint density at radius 1 is 1.43 bits per heavy atom. The molecule has 5 nitrogen and oxygen atoms in total. The van der Waals surface area contributed by atoms with Gasteiger partial charge in [-0.3, -0.25) is 9.48 Å². The molecule has 112 valence electrons. The average molecular weight is 315 g/mol. The molecule has 1 amide bonds. The third kappa shape index (κ3) is 4.22. The number of pyridine rings is 1. The van der Waals surface area contributed by atoms with Gasteiger partial charge >= 0.3 is 0 Å². The van der Waals surface area contributed by atoms with E-state index in [1.54, 1.807) is 25.4 Å². The maximum absolute atomic E-state index is 12.2. The molecule has 2 heterocycles. The van der Waals surface area contributed by atoms with Crippen molar-refractivity contribution in [2.45, 2.75) is 19.5 Å². The Kier molecular flexibility index (Phi) is 4.85. The van der Waals surface area contributed by atoms with E-state index in [1.807, 2.05) is 0 Å². The van der Waals surface area contributed by atoms with Crippen LogP contribution in [-0.4, -0.2) is 39.0 Å². The van der Waals surface area contributed by atoms with Gasteiger partial charge in [0.05, 0.1) is 0 Å². The molecule has 0 aliphatic rings. The Balaban J connectivity index is 2.01. The van der Waals surface area contributed by atoms with Crippen molar-refractivity contribution in [3.8, 4) is 0 Å². The van der Waals surface area contributed by atoms with Crippen LogP contribution in [0.4, 0.5) is 8.78 Å². The summed E-state index contributed by atoms with van der Waals surface area (Å²) in [5, 5.41) is 4.21. The van der Waals surface area contributed by atoms with E-state index in [0.29, 0.717) is 11.7 Å². The lowest BCUT2D eigenvalue weighted by atomic mass is 10.2. The third-order valence-electron chi connectivity index (χ3n) is 2.74. The predicted octanol–water partition coefficient (Wildman–Crippen LogP) is 2.47. The first-order valence-corrected chi connectivity index (χ1v) is 6.51. The first-order chi connectivity index (χ1) is 9.95. The number of hydrogen-bond donors (Lipinski definition) is 0. The highest BCUT2D eigenvalue weighted by Crippen LogP contribution is 2.09. The number of aromatic nitrogens is 3. The van der Waals surface area contributed by atoms with Gasteiger partial charge in [-0.2, -0.15) is 5.10 Å². The fraction of sp³-hybridized carbons (Fsp3) is 0.308. The third-order valence-corrected chi connectivity index (χ3v) is 2.96. The Hall–Kier alpha value is -2.02. The van der Waals surface area contributed by atoms with E-state index >= 15 is 0 Å². The SMILES string of the molecule is CN(Cc1ccc(Cl)nc1)C(=O)c1ccn(CC(F)F)n1. The molecule has 0 unspecified atom stereocenters. The van der Waals surface area contributed by atoms with Gasteiger partial charge in [0.25, 0.3) is 12.3 Å². The van der Waals surface area contributed by atoms with Gasteiger partial charge in [0.2, 0.25) is 0 Å². The van der Waals surface area contributed by atoms with E-state index in [0.717, 1.165) is 10.2 Å². The summed E-state index contributed by atoms with van der Waals surface area (Å²) in [5.74, 6) is -0.349. The molecule has 0 atom stereocenters. The quantitative estimate of drug-likeness (QED) is 0.797. The van der Waals surface area contributed by atoms with Gasteiger partial charge in [-0.15, -0.1) is 0 Å². The summed E-state index contributed by atoms with van der Waals surface area (Å²) in [4.78, 5) is 17.5. The standard InChI is InChI=1S/C13H13ClF2N4O/c1-19(7-9-2-3-11(14)17-6-9)13(21)10-4-5-20(18-10)8-12(15)16/h2-6,12H,7-8H2,1H3. The van der Waals surface area contributed by atoms with Gasteiger partial charge in [-0.1, -0.05) is 17.7 Å². The summed E-state index contributed by atoms with van der Waals surface area (Å²) in [5.41, 5.74) is 0.933. The number of nitrogens with zero attached hydrogens (tertiary/aromatic N) is 4. The van der Waals surface area contributed by atoms with Crippen LogP contribution in [0.3, 0.4) is 0 Å². The highest BCUT2D eigenvalue weighted by Gasteiger charge is 2.16. The van der Waals surface area contributed by atoms with Gasteiger partial charge in [0.1, 0.15) is 17.4 Å². The minimum Gasteiger partial charge on any atom is -0.336 e. The molecule has 0 fully saturated rings. The second kappa shape index (κ2) is 6.62. The van der Waals surface area contributed by atoms with E-state index in [-0.39, 0.29) is 11.6 Å². The van der Waals surface area contributed by atoms with Gasteiger partial charge in [0, 0.05) is 26.0 Å². The second-order valence-electron chi connectivity index (χ2n) is 4.46. The summed E-state index contributed by atoms with van der Waals surface area (Å²) in [6, 6.07) is 4.81. The first kappa shape index (κ1) is 15.4. The van der Waals surface area contributed by atoms with Gasteiger partial charge < -0.3 is 4.90 Å². The lowest BCUT2D eigenvalue weighted by Gasteiger charge is -2.15. The molecular weight excluding hydrogens is 302 g/mol. The molecule has 0 aliphatic carbocycles. The number of carbonyl (C=O) groups is 1. The normalized spacial score (nSPS) is 10.9. The number of rotatable bonds is 5. The fourth-order valence-electron chi connectivity index (χ4n) is 1.76. The van der Waals surface area contributed by atoms with Crippen molar-refractivity contribution in [1.82, 2.24) is 19.7 Å². The molecule has 0 radical (unpaired) electrons. The maximum Gasteiger partial charge on any atom is 0.274 e. The monoisotopic (exact) mass is 314 g/mol. The molecule has 21 heavy (non-hydrogen) atoms. The number of alkyl halides is 2. The van der Waals surface area contributed by atoms with Crippen molar-refractivity contribution >= 4 is 17.5 Å². The Bertz CT molecular complexity index is 615. The first-order valence-electron chi connectivity index (χ1n) is 6.13. The van der Waals surface area contributed by atoms with Crippen LogP contribution in [-0.2, 0) is 13.1 Å². The lowest BCUT2D eigenvalue weighted by Crippen LogP contribution is -2.27. The van der Waals surface area contributed by atoms with Crippen LogP contribution in [0.5, 0.6) is 0 Å². The molecule has 0 aromatic carbocycles. The predicted molar refractivity (Wildman–Crippen MR) is 73.3 cm³/mol. The molecule has 0 bridgehead atoms. The van der Waals surface area contributed by atoms with Crippen LogP contribution in [0.2, 0.25) is 5.15 Å². The van der Waals surface area contributed by atoms with Crippen LogP contribution in [0.15, 0.2) is 30.6 Å². The van der Waals surface area contributed by atoms with Crippen molar-refractivity contribution in [2.75, 3.05) is 7.05 Å². The minimum atomic E-state index is -2.51. The van der Waals surface area contributed by atoms with E-state index in [1.165, 1.54) is 17.2 Å². The zero-order valence-corrected chi connectivity index (χ0v) is 12.0. The van der Waals surface area contributed by atoms with E-state index in [9.17, 15) is 13.6 Å². The molecule has 8 heteroatoms. The fourth-order valence-corrected chi connectivity index (χ4v) is 1.87. The molecule has 2 rings (SSSR count). The van der Waals surface area contributed by atoms with E-state index in [2.05, 4.69) is 10.1 Å². The molecule has 0 spiro atoms. The summed E-state index contributed by atoms with van der Waals surface area (Å²) in [7, 11) is 1.60. The number of amides is 1. The molecule has 2 aromatic heterocycles.